The molecule has 1 aromatic carbocycles. The van der Waals surface area contributed by atoms with Crippen molar-refractivity contribution >= 4 is 17.3 Å². The van der Waals surface area contributed by atoms with Crippen molar-refractivity contribution in [3.63, 3.8) is 0 Å². The highest BCUT2D eigenvalue weighted by Crippen LogP contribution is 2.36. The zero-order valence-electron chi connectivity index (χ0n) is 16.1. The van der Waals surface area contributed by atoms with Crippen LogP contribution in [0, 0.1) is 11.7 Å². The molecule has 2 heterocycles. The van der Waals surface area contributed by atoms with Crippen LogP contribution in [0.2, 0.25) is 0 Å². The first-order valence-electron chi connectivity index (χ1n) is 9.67. The van der Waals surface area contributed by atoms with Crippen molar-refractivity contribution in [2.24, 2.45) is 10.9 Å². The van der Waals surface area contributed by atoms with Crippen LogP contribution in [0.5, 0.6) is 0 Å². The number of halogens is 1. The Balaban J connectivity index is 1.63. The van der Waals surface area contributed by atoms with Gasteiger partial charge >= 0.3 is 0 Å². The van der Waals surface area contributed by atoms with E-state index in [-0.39, 0.29) is 5.82 Å². The van der Waals surface area contributed by atoms with Gasteiger partial charge in [0.15, 0.2) is 5.96 Å². The smallest absolute Gasteiger partial charge is 0.191 e. The second kappa shape index (κ2) is 9.85. The largest absolute Gasteiger partial charge is 0.357 e. The zero-order valence-corrected chi connectivity index (χ0v) is 16.9. The van der Waals surface area contributed by atoms with E-state index >= 15 is 0 Å². The molecule has 1 saturated heterocycles. The van der Waals surface area contributed by atoms with Crippen molar-refractivity contribution in [1.29, 1.82) is 0 Å². The van der Waals surface area contributed by atoms with Gasteiger partial charge in [0.25, 0.3) is 0 Å². The molecule has 6 heteroatoms. The molecule has 146 valence electrons. The highest BCUT2D eigenvalue weighted by molar-refractivity contribution is 7.10. The number of likely N-dealkylation sites (tertiary alicyclic amines) is 1. The summed E-state index contributed by atoms with van der Waals surface area (Å²) >= 11 is 1.84. The molecule has 0 aliphatic carbocycles. The van der Waals surface area contributed by atoms with Gasteiger partial charge in [-0.05, 0) is 68.4 Å². The number of benzene rings is 1. The van der Waals surface area contributed by atoms with Crippen LogP contribution in [0.25, 0.3) is 0 Å². The van der Waals surface area contributed by atoms with E-state index < -0.39 is 0 Å². The average molecular weight is 389 g/mol. The van der Waals surface area contributed by atoms with Gasteiger partial charge in [-0.1, -0.05) is 18.2 Å². The summed E-state index contributed by atoms with van der Waals surface area (Å²) in [5.74, 6) is 1.16. The van der Waals surface area contributed by atoms with Crippen molar-refractivity contribution in [3.8, 4) is 0 Å². The zero-order chi connectivity index (χ0) is 19.1. The molecule has 4 nitrogen and oxygen atoms in total. The molecule has 0 saturated carbocycles. The van der Waals surface area contributed by atoms with Crippen LogP contribution in [0.3, 0.4) is 0 Å². The van der Waals surface area contributed by atoms with E-state index in [0.717, 1.165) is 31.2 Å². The minimum atomic E-state index is -0.214. The van der Waals surface area contributed by atoms with E-state index in [9.17, 15) is 4.39 Å². The van der Waals surface area contributed by atoms with Crippen LogP contribution >= 0.6 is 11.3 Å². The van der Waals surface area contributed by atoms with Crippen LogP contribution < -0.4 is 10.6 Å². The molecule has 2 aromatic rings. The van der Waals surface area contributed by atoms with E-state index in [1.165, 1.54) is 29.9 Å². The first-order chi connectivity index (χ1) is 13.2. The standard InChI is InChI=1S/C21H29FN4S/c1-3-23-21(24-14-16-8-10-18(22)11-9-16)25-15-17-6-4-12-26(2)20(17)19-7-5-13-27-19/h5,7-11,13,17,20H,3-4,6,12,14-15H2,1-2H3,(H2,23,24,25). The number of hydrogen-bond donors (Lipinski definition) is 2. The van der Waals surface area contributed by atoms with E-state index in [2.05, 4.69) is 52.0 Å². The Morgan fingerprint density at radius 2 is 2.07 bits per heavy atom. The van der Waals surface area contributed by atoms with Gasteiger partial charge < -0.3 is 10.6 Å². The average Bonchev–Trinajstić information content (AvgIpc) is 3.19. The van der Waals surface area contributed by atoms with Crippen LogP contribution in [0.15, 0.2) is 46.8 Å². The molecule has 0 bridgehead atoms. The number of hydrogen-bond acceptors (Lipinski definition) is 3. The van der Waals surface area contributed by atoms with Crippen molar-refractivity contribution in [3.05, 3.63) is 58.0 Å². The lowest BCUT2D eigenvalue weighted by molar-refractivity contribution is 0.125. The van der Waals surface area contributed by atoms with Gasteiger partial charge in [0.05, 0.1) is 6.54 Å². The van der Waals surface area contributed by atoms with Crippen molar-refractivity contribution in [2.45, 2.75) is 32.4 Å². The van der Waals surface area contributed by atoms with Gasteiger partial charge in [0, 0.05) is 24.0 Å². The second-order valence-electron chi connectivity index (χ2n) is 7.05. The fourth-order valence-electron chi connectivity index (χ4n) is 3.71. The number of nitrogens with one attached hydrogen (secondary N) is 2. The summed E-state index contributed by atoms with van der Waals surface area (Å²) in [6, 6.07) is 11.4. The highest BCUT2D eigenvalue weighted by Gasteiger charge is 2.31. The summed E-state index contributed by atoms with van der Waals surface area (Å²) < 4.78 is 13.1. The van der Waals surface area contributed by atoms with Gasteiger partial charge in [-0.25, -0.2) is 9.38 Å². The quantitative estimate of drug-likeness (QED) is 0.580. The molecule has 2 N–H and O–H groups in total. The summed E-state index contributed by atoms with van der Waals surface area (Å²) in [5, 5.41) is 9.01. The maximum atomic E-state index is 13.1. The summed E-state index contributed by atoms with van der Waals surface area (Å²) in [4.78, 5) is 8.58. The highest BCUT2D eigenvalue weighted by atomic mass is 32.1. The monoisotopic (exact) mass is 388 g/mol. The molecule has 2 unspecified atom stereocenters. The molecule has 0 spiro atoms. The predicted molar refractivity (Wildman–Crippen MR) is 112 cm³/mol. The SMILES string of the molecule is CCNC(=NCc1ccc(F)cc1)NCC1CCCN(C)C1c1cccs1. The van der Waals surface area contributed by atoms with Crippen molar-refractivity contribution in [2.75, 3.05) is 26.7 Å². The van der Waals surface area contributed by atoms with Gasteiger partial charge in [0.2, 0.25) is 0 Å². The maximum Gasteiger partial charge on any atom is 0.191 e. The van der Waals surface area contributed by atoms with Crippen molar-refractivity contribution < 1.29 is 4.39 Å². The Morgan fingerprint density at radius 1 is 1.26 bits per heavy atom. The molecule has 3 rings (SSSR count). The minimum Gasteiger partial charge on any atom is -0.357 e. The molecule has 0 amide bonds. The van der Waals surface area contributed by atoms with E-state index in [1.807, 2.05) is 11.3 Å². The Labute approximate surface area is 165 Å². The molecule has 27 heavy (non-hydrogen) atoms. The fraction of sp³-hybridized carbons (Fsp3) is 0.476. The summed E-state index contributed by atoms with van der Waals surface area (Å²) in [5.41, 5.74) is 1.00. The first-order valence-corrected chi connectivity index (χ1v) is 10.6. The molecule has 0 radical (unpaired) electrons. The maximum absolute atomic E-state index is 13.1. The van der Waals surface area contributed by atoms with Gasteiger partial charge in [-0.3, -0.25) is 4.90 Å². The summed E-state index contributed by atoms with van der Waals surface area (Å²) in [7, 11) is 2.23. The Bertz CT molecular complexity index is 714. The summed E-state index contributed by atoms with van der Waals surface area (Å²) in [6.07, 6.45) is 2.45. The van der Waals surface area contributed by atoms with Crippen LogP contribution in [-0.4, -0.2) is 37.5 Å². The Morgan fingerprint density at radius 3 is 2.78 bits per heavy atom. The molecular weight excluding hydrogens is 359 g/mol. The van der Waals surface area contributed by atoms with Gasteiger partial charge in [-0.15, -0.1) is 11.3 Å². The Hall–Kier alpha value is -1.92. The first kappa shape index (κ1) is 19.8. The lowest BCUT2D eigenvalue weighted by atomic mass is 9.88. The summed E-state index contributed by atoms with van der Waals surface area (Å²) in [6.45, 7) is 5.46. The number of aliphatic imine (C=N–C) groups is 1. The molecule has 1 fully saturated rings. The lowest BCUT2D eigenvalue weighted by Gasteiger charge is -2.39. The Kier molecular flexibility index (Phi) is 7.24. The van der Waals surface area contributed by atoms with Gasteiger partial charge in [0.1, 0.15) is 5.82 Å². The second-order valence-corrected chi connectivity index (χ2v) is 8.02. The molecular formula is C21H29FN4S. The number of nitrogens with zero attached hydrogens (tertiary/aromatic N) is 2. The minimum absolute atomic E-state index is 0.214. The molecule has 1 aliphatic rings. The number of rotatable bonds is 6. The third-order valence-corrected chi connectivity index (χ3v) is 5.99. The number of thiophene rings is 1. The van der Waals surface area contributed by atoms with Crippen LogP contribution in [-0.2, 0) is 6.54 Å². The normalized spacial score (nSPS) is 21.2. The van der Waals surface area contributed by atoms with Crippen molar-refractivity contribution in [1.82, 2.24) is 15.5 Å². The number of guanidine groups is 1. The third-order valence-electron chi connectivity index (χ3n) is 5.05. The van der Waals surface area contributed by atoms with Gasteiger partial charge in [-0.2, -0.15) is 0 Å². The lowest BCUT2D eigenvalue weighted by Crippen LogP contribution is -2.44. The fourth-order valence-corrected chi connectivity index (χ4v) is 4.70. The van der Waals surface area contributed by atoms with Crippen LogP contribution in [0.1, 0.15) is 36.2 Å². The van der Waals surface area contributed by atoms with Crippen LogP contribution in [0.4, 0.5) is 4.39 Å². The number of piperidine rings is 1. The molecule has 1 aromatic heterocycles. The molecule has 2 atom stereocenters. The van der Waals surface area contributed by atoms with E-state index in [4.69, 9.17) is 0 Å². The topological polar surface area (TPSA) is 39.7 Å². The third kappa shape index (κ3) is 5.53. The van der Waals surface area contributed by atoms with E-state index in [0.29, 0.717) is 18.5 Å². The predicted octanol–water partition coefficient (Wildman–Crippen LogP) is 4.03. The van der Waals surface area contributed by atoms with E-state index in [1.54, 1.807) is 12.1 Å². The molecule has 1 aliphatic heterocycles.